The first-order valence-electron chi connectivity index (χ1n) is 14.3. The van der Waals surface area contributed by atoms with Crippen LogP contribution in [0.4, 0.5) is 11.6 Å². The van der Waals surface area contributed by atoms with Gasteiger partial charge in [-0.25, -0.2) is 0 Å². The number of likely N-dealkylation sites (N-methyl/N-ethyl adjacent to an activating group) is 2. The largest absolute Gasteiger partial charge is 0.481 e. The lowest BCUT2D eigenvalue weighted by Crippen LogP contribution is -2.49. The van der Waals surface area contributed by atoms with Gasteiger partial charge in [0.2, 0.25) is 11.7 Å². The molecule has 2 saturated heterocycles. The van der Waals surface area contributed by atoms with Crippen molar-refractivity contribution in [2.45, 2.75) is 38.0 Å². The summed E-state index contributed by atoms with van der Waals surface area (Å²) >= 11 is 6.74. The maximum atomic E-state index is 12.2. The predicted octanol–water partition coefficient (Wildman–Crippen LogP) is 4.55. The first-order chi connectivity index (χ1) is 19.9. The number of ether oxygens (including phenoxy) is 2. The minimum absolute atomic E-state index is 0.0553. The van der Waals surface area contributed by atoms with Gasteiger partial charge in [0.25, 0.3) is 0 Å². The van der Waals surface area contributed by atoms with Crippen LogP contribution in [0.1, 0.15) is 31.4 Å². The van der Waals surface area contributed by atoms with Gasteiger partial charge in [0.15, 0.2) is 11.6 Å². The van der Waals surface area contributed by atoms with Crippen molar-refractivity contribution in [3.8, 4) is 11.8 Å². The van der Waals surface area contributed by atoms with E-state index in [0.29, 0.717) is 67.2 Å². The topological polar surface area (TPSA) is 74.3 Å². The molecule has 2 aromatic carbocycles. The van der Waals surface area contributed by atoms with E-state index in [1.807, 2.05) is 19.2 Å². The quantitative estimate of drug-likeness (QED) is 0.396. The zero-order valence-corrected chi connectivity index (χ0v) is 24.7. The number of hydrogen-bond donors (Lipinski definition) is 0. The summed E-state index contributed by atoms with van der Waals surface area (Å²) in [5.41, 5.74) is 1.08. The summed E-state index contributed by atoms with van der Waals surface area (Å²) in [7, 11) is 4.18. The third-order valence-electron chi connectivity index (χ3n) is 8.66. The molecule has 2 fully saturated rings. The van der Waals surface area contributed by atoms with Crippen LogP contribution in [0.25, 0.3) is 10.8 Å². The van der Waals surface area contributed by atoms with Gasteiger partial charge in [0.05, 0.1) is 6.04 Å². The Hall–Kier alpha value is -3.56. The van der Waals surface area contributed by atoms with E-state index >= 15 is 0 Å². The molecule has 0 N–H and O–H groups in total. The molecule has 3 aliphatic heterocycles. The second-order valence-electron chi connectivity index (χ2n) is 11.2. The highest BCUT2D eigenvalue weighted by Crippen LogP contribution is 2.47. The summed E-state index contributed by atoms with van der Waals surface area (Å²) in [6.07, 6.45) is 3.42. The molecule has 1 aromatic heterocycles. The fraction of sp³-hybridized carbons (Fsp3) is 0.452. The number of halogens is 1. The Morgan fingerprint density at radius 2 is 1.83 bits per heavy atom. The number of anilines is 2. The first kappa shape index (κ1) is 27.6. The maximum Gasteiger partial charge on any atom is 0.320 e. The van der Waals surface area contributed by atoms with Gasteiger partial charge < -0.3 is 29.1 Å². The van der Waals surface area contributed by atoms with Gasteiger partial charge in [-0.3, -0.25) is 4.79 Å². The summed E-state index contributed by atoms with van der Waals surface area (Å²) in [6, 6.07) is 12.8. The van der Waals surface area contributed by atoms with Crippen molar-refractivity contribution in [1.29, 1.82) is 0 Å². The number of nitrogens with zero attached hydrogens (tertiary/aromatic N) is 6. The summed E-state index contributed by atoms with van der Waals surface area (Å²) in [6.45, 7) is 9.71. The SMILES string of the molecule is C=CC(=O)N1CCN(c2nc(OC[C@@H]3CCCN3C)nc3c2O[C@H](C)C(c2cccc4cccc(Cl)c24)N3C)CC1. The maximum absolute atomic E-state index is 12.2. The van der Waals surface area contributed by atoms with Crippen LogP contribution in [0.2, 0.25) is 5.02 Å². The number of carbonyl (C=O) groups excluding carboxylic acids is 1. The molecule has 0 spiro atoms. The molecule has 0 saturated carbocycles. The Morgan fingerprint density at radius 1 is 1.10 bits per heavy atom. The molecule has 0 bridgehead atoms. The predicted molar refractivity (Wildman–Crippen MR) is 162 cm³/mol. The molecule has 4 heterocycles. The molecule has 1 amide bonds. The molecule has 10 heteroatoms. The number of benzene rings is 2. The second-order valence-corrected chi connectivity index (χ2v) is 11.6. The average Bonchev–Trinajstić information content (AvgIpc) is 3.40. The van der Waals surface area contributed by atoms with Gasteiger partial charge in [-0.2, -0.15) is 9.97 Å². The number of amides is 1. The molecular formula is C31H37ClN6O3. The van der Waals surface area contributed by atoms with Crippen molar-refractivity contribution >= 4 is 39.9 Å². The Labute approximate surface area is 246 Å². The molecule has 41 heavy (non-hydrogen) atoms. The average molecular weight is 577 g/mol. The fourth-order valence-corrected chi connectivity index (χ4v) is 6.68. The van der Waals surface area contributed by atoms with E-state index in [2.05, 4.69) is 59.5 Å². The van der Waals surface area contributed by atoms with Crippen LogP contribution >= 0.6 is 11.6 Å². The molecule has 3 aromatic rings. The lowest BCUT2D eigenvalue weighted by molar-refractivity contribution is -0.126. The van der Waals surface area contributed by atoms with Crippen molar-refractivity contribution in [3.63, 3.8) is 0 Å². The van der Waals surface area contributed by atoms with Crippen LogP contribution in [0, 0.1) is 0 Å². The minimum atomic E-state index is -0.209. The lowest BCUT2D eigenvalue weighted by atomic mass is 9.93. The van der Waals surface area contributed by atoms with E-state index in [4.69, 9.17) is 31.0 Å². The molecule has 0 aliphatic carbocycles. The van der Waals surface area contributed by atoms with Crippen LogP contribution in [0.5, 0.6) is 11.8 Å². The number of rotatable bonds is 6. The van der Waals surface area contributed by atoms with Crippen LogP contribution in [-0.2, 0) is 4.79 Å². The summed E-state index contributed by atoms with van der Waals surface area (Å²) < 4.78 is 12.9. The molecule has 6 rings (SSSR count). The van der Waals surface area contributed by atoms with Gasteiger partial charge >= 0.3 is 6.01 Å². The number of aromatic nitrogens is 2. The summed E-state index contributed by atoms with van der Waals surface area (Å²) in [5.74, 6) is 1.96. The van der Waals surface area contributed by atoms with E-state index < -0.39 is 0 Å². The molecular weight excluding hydrogens is 540 g/mol. The van der Waals surface area contributed by atoms with Crippen LogP contribution < -0.4 is 19.3 Å². The van der Waals surface area contributed by atoms with Gasteiger partial charge in [0, 0.05) is 49.7 Å². The minimum Gasteiger partial charge on any atom is -0.481 e. The molecule has 0 radical (unpaired) electrons. The van der Waals surface area contributed by atoms with E-state index in [0.717, 1.165) is 35.7 Å². The highest BCUT2D eigenvalue weighted by Gasteiger charge is 2.39. The summed E-state index contributed by atoms with van der Waals surface area (Å²) in [4.78, 5) is 30.5. The third kappa shape index (κ3) is 5.17. The Kier molecular flexibility index (Phi) is 7.66. The smallest absolute Gasteiger partial charge is 0.320 e. The number of fused-ring (bicyclic) bond motifs is 2. The molecule has 9 nitrogen and oxygen atoms in total. The van der Waals surface area contributed by atoms with Crippen molar-refractivity contribution in [1.82, 2.24) is 19.8 Å². The van der Waals surface area contributed by atoms with Crippen molar-refractivity contribution in [2.75, 3.05) is 63.2 Å². The molecule has 1 unspecified atom stereocenters. The van der Waals surface area contributed by atoms with Gasteiger partial charge in [0.1, 0.15) is 12.7 Å². The van der Waals surface area contributed by atoms with E-state index in [-0.39, 0.29) is 18.1 Å². The summed E-state index contributed by atoms with van der Waals surface area (Å²) in [5, 5.41) is 2.82. The first-order valence-corrected chi connectivity index (χ1v) is 14.7. The molecule has 3 atom stereocenters. The van der Waals surface area contributed by atoms with E-state index in [1.54, 1.807) is 4.90 Å². The Morgan fingerprint density at radius 3 is 2.54 bits per heavy atom. The number of carbonyl (C=O) groups is 1. The van der Waals surface area contributed by atoms with Crippen molar-refractivity contribution in [3.05, 3.63) is 59.6 Å². The van der Waals surface area contributed by atoms with Crippen molar-refractivity contribution < 1.29 is 14.3 Å². The highest BCUT2D eigenvalue weighted by atomic mass is 35.5. The van der Waals surface area contributed by atoms with Crippen molar-refractivity contribution in [2.24, 2.45) is 0 Å². The Balaban J connectivity index is 1.38. The van der Waals surface area contributed by atoms with Crippen LogP contribution in [0.3, 0.4) is 0 Å². The monoisotopic (exact) mass is 576 g/mol. The zero-order chi connectivity index (χ0) is 28.7. The Bertz CT molecular complexity index is 1450. The number of piperazine rings is 1. The van der Waals surface area contributed by atoms with Gasteiger partial charge in [-0.1, -0.05) is 48.5 Å². The number of hydrogen-bond acceptors (Lipinski definition) is 8. The molecule has 216 valence electrons. The zero-order valence-electron chi connectivity index (χ0n) is 23.9. The van der Waals surface area contributed by atoms with Crippen LogP contribution in [0.15, 0.2) is 49.1 Å². The van der Waals surface area contributed by atoms with E-state index in [9.17, 15) is 4.79 Å². The lowest BCUT2D eigenvalue weighted by Gasteiger charge is -2.42. The van der Waals surface area contributed by atoms with Gasteiger partial charge in [-0.05, 0) is 56.4 Å². The number of likely N-dealkylation sites (tertiary alicyclic amines) is 1. The van der Waals surface area contributed by atoms with Crippen LogP contribution in [-0.4, -0.2) is 91.2 Å². The van der Waals surface area contributed by atoms with Gasteiger partial charge in [-0.15, -0.1) is 0 Å². The normalized spacial score (nSPS) is 22.9. The standard InChI is InChI=1S/C31H37ClN6O3/c1-5-25(39)37-15-17-38(18-16-37)30-28-29(33-31(34-30)40-19-22-11-8-14-35(22)3)36(4)27(20(2)41-28)23-12-6-9-21-10-7-13-24(32)26(21)23/h5-7,9-10,12-13,20,22,27H,1,8,11,14-19H2,2-4H3/t20-,22+,27?/m1/s1. The fourth-order valence-electron chi connectivity index (χ4n) is 6.39. The third-order valence-corrected chi connectivity index (χ3v) is 8.97. The highest BCUT2D eigenvalue weighted by molar-refractivity contribution is 6.35. The van der Waals surface area contributed by atoms with E-state index in [1.165, 1.54) is 6.08 Å². The second kappa shape index (κ2) is 11.4. The molecule has 3 aliphatic rings.